The molecule has 0 amide bonds. The molecule has 0 spiro atoms. The minimum Gasteiger partial charge on any atom is -0.396 e. The van der Waals surface area contributed by atoms with Crippen molar-refractivity contribution < 1.29 is 9.50 Å². The molecule has 2 N–H and O–H groups in total. The SMILES string of the molecule is CC(C)(CCO)CNC(c1ccc(F)cc1)C1CC1. The molecule has 0 heterocycles. The summed E-state index contributed by atoms with van der Waals surface area (Å²) < 4.78 is 13.0. The summed E-state index contributed by atoms with van der Waals surface area (Å²) in [6, 6.07) is 7.14. The van der Waals surface area contributed by atoms with Crippen molar-refractivity contribution in [3.63, 3.8) is 0 Å². The number of halogens is 1. The summed E-state index contributed by atoms with van der Waals surface area (Å²) in [6.45, 7) is 5.40. The van der Waals surface area contributed by atoms with Gasteiger partial charge in [0.15, 0.2) is 0 Å². The highest BCUT2D eigenvalue weighted by Gasteiger charge is 2.33. The highest BCUT2D eigenvalue weighted by molar-refractivity contribution is 5.22. The number of aliphatic hydroxyl groups excluding tert-OH is 1. The fourth-order valence-electron chi connectivity index (χ4n) is 2.43. The van der Waals surface area contributed by atoms with Gasteiger partial charge in [-0.1, -0.05) is 26.0 Å². The molecule has 1 fully saturated rings. The second-order valence-corrected chi connectivity index (χ2v) is 6.39. The number of benzene rings is 1. The van der Waals surface area contributed by atoms with E-state index in [2.05, 4.69) is 19.2 Å². The first-order chi connectivity index (χ1) is 9.02. The average Bonchev–Trinajstić information content (AvgIpc) is 3.16. The summed E-state index contributed by atoms with van der Waals surface area (Å²) >= 11 is 0. The van der Waals surface area contributed by atoms with E-state index in [1.165, 1.54) is 30.5 Å². The number of hydrogen-bond donors (Lipinski definition) is 2. The van der Waals surface area contributed by atoms with Crippen LogP contribution in [-0.4, -0.2) is 18.3 Å². The zero-order chi connectivity index (χ0) is 13.9. The standard InChI is InChI=1S/C16H24FNO/c1-16(2,9-10-19)11-18-15(12-3-4-12)13-5-7-14(17)8-6-13/h5-8,12,15,18-19H,3-4,9-11H2,1-2H3. The van der Waals surface area contributed by atoms with E-state index in [1.807, 2.05) is 12.1 Å². The summed E-state index contributed by atoms with van der Waals surface area (Å²) in [7, 11) is 0. The van der Waals surface area contributed by atoms with Gasteiger partial charge in [-0.05, 0) is 48.3 Å². The lowest BCUT2D eigenvalue weighted by atomic mass is 9.89. The summed E-state index contributed by atoms with van der Waals surface area (Å²) in [4.78, 5) is 0. The maximum atomic E-state index is 13.0. The van der Waals surface area contributed by atoms with E-state index in [0.29, 0.717) is 12.0 Å². The summed E-state index contributed by atoms with van der Waals surface area (Å²) in [5.74, 6) is 0.495. The lowest BCUT2D eigenvalue weighted by Gasteiger charge is -2.28. The van der Waals surface area contributed by atoms with Crippen molar-refractivity contribution in [2.45, 2.75) is 39.2 Å². The predicted molar refractivity (Wildman–Crippen MR) is 75.4 cm³/mol. The lowest BCUT2D eigenvalue weighted by molar-refractivity contribution is 0.201. The summed E-state index contributed by atoms with van der Waals surface area (Å²) in [6.07, 6.45) is 3.28. The molecule has 2 nitrogen and oxygen atoms in total. The van der Waals surface area contributed by atoms with Gasteiger partial charge < -0.3 is 10.4 Å². The summed E-state index contributed by atoms with van der Waals surface area (Å²) in [5.41, 5.74) is 1.26. The molecule has 0 radical (unpaired) electrons. The van der Waals surface area contributed by atoms with Gasteiger partial charge in [-0.3, -0.25) is 0 Å². The zero-order valence-corrected chi connectivity index (χ0v) is 11.8. The molecule has 2 rings (SSSR count). The van der Waals surface area contributed by atoms with Crippen LogP contribution in [0.5, 0.6) is 0 Å². The van der Waals surface area contributed by atoms with Gasteiger partial charge in [-0.15, -0.1) is 0 Å². The zero-order valence-electron chi connectivity index (χ0n) is 11.8. The Kier molecular flexibility index (Phi) is 4.58. The molecule has 1 aliphatic carbocycles. The number of rotatable bonds is 7. The number of nitrogens with one attached hydrogen (secondary N) is 1. The minimum atomic E-state index is -0.182. The van der Waals surface area contributed by atoms with Gasteiger partial charge in [-0.2, -0.15) is 0 Å². The van der Waals surface area contributed by atoms with E-state index in [1.54, 1.807) is 0 Å². The van der Waals surface area contributed by atoms with E-state index >= 15 is 0 Å². The van der Waals surface area contributed by atoms with Crippen molar-refractivity contribution in [3.8, 4) is 0 Å². The van der Waals surface area contributed by atoms with Crippen molar-refractivity contribution in [2.75, 3.05) is 13.2 Å². The number of aliphatic hydroxyl groups is 1. The maximum absolute atomic E-state index is 13.0. The molecule has 1 aromatic rings. The maximum Gasteiger partial charge on any atom is 0.123 e. The van der Waals surface area contributed by atoms with Gasteiger partial charge in [0.1, 0.15) is 5.82 Å². The van der Waals surface area contributed by atoms with Gasteiger partial charge in [-0.25, -0.2) is 4.39 Å². The topological polar surface area (TPSA) is 32.3 Å². The van der Waals surface area contributed by atoms with Crippen LogP contribution in [0.1, 0.15) is 44.7 Å². The van der Waals surface area contributed by atoms with Crippen LogP contribution >= 0.6 is 0 Å². The van der Waals surface area contributed by atoms with E-state index in [-0.39, 0.29) is 17.8 Å². The molecule has 3 heteroatoms. The molecule has 0 aliphatic heterocycles. The molecule has 1 unspecified atom stereocenters. The average molecular weight is 265 g/mol. The first-order valence-electron chi connectivity index (χ1n) is 7.11. The Morgan fingerprint density at radius 3 is 2.47 bits per heavy atom. The highest BCUT2D eigenvalue weighted by Crippen LogP contribution is 2.41. The molecule has 1 aliphatic rings. The van der Waals surface area contributed by atoms with Crippen LogP contribution < -0.4 is 5.32 Å². The molecular formula is C16H24FNO. The van der Waals surface area contributed by atoms with Crippen LogP contribution in [0.2, 0.25) is 0 Å². The molecule has 19 heavy (non-hydrogen) atoms. The van der Waals surface area contributed by atoms with Crippen molar-refractivity contribution in [2.24, 2.45) is 11.3 Å². The Morgan fingerprint density at radius 1 is 1.32 bits per heavy atom. The van der Waals surface area contributed by atoms with Crippen molar-refractivity contribution in [3.05, 3.63) is 35.6 Å². The quantitative estimate of drug-likeness (QED) is 0.793. The van der Waals surface area contributed by atoms with Gasteiger partial charge in [0.2, 0.25) is 0 Å². The van der Waals surface area contributed by atoms with E-state index in [0.717, 1.165) is 13.0 Å². The normalized spacial score (nSPS) is 17.5. The van der Waals surface area contributed by atoms with E-state index in [9.17, 15) is 4.39 Å². The second kappa shape index (κ2) is 6.02. The fourth-order valence-corrected chi connectivity index (χ4v) is 2.43. The van der Waals surface area contributed by atoms with Crippen LogP contribution in [0.25, 0.3) is 0 Å². The minimum absolute atomic E-state index is 0.0852. The first-order valence-corrected chi connectivity index (χ1v) is 7.11. The molecule has 106 valence electrons. The first kappa shape index (κ1) is 14.5. The fraction of sp³-hybridized carbons (Fsp3) is 0.625. The predicted octanol–water partition coefficient (Wildman–Crippen LogP) is 3.28. The van der Waals surface area contributed by atoms with E-state index in [4.69, 9.17) is 5.11 Å². The third-order valence-corrected chi connectivity index (χ3v) is 3.91. The second-order valence-electron chi connectivity index (χ2n) is 6.39. The Hall–Kier alpha value is -0.930. The van der Waals surface area contributed by atoms with Crippen LogP contribution in [0.15, 0.2) is 24.3 Å². The van der Waals surface area contributed by atoms with E-state index < -0.39 is 0 Å². The van der Waals surface area contributed by atoms with Crippen molar-refractivity contribution in [1.29, 1.82) is 0 Å². The molecule has 0 bridgehead atoms. The van der Waals surface area contributed by atoms with Crippen LogP contribution in [0.4, 0.5) is 4.39 Å². The Morgan fingerprint density at radius 2 is 1.95 bits per heavy atom. The summed E-state index contributed by atoms with van der Waals surface area (Å²) in [5, 5.41) is 12.7. The highest BCUT2D eigenvalue weighted by atomic mass is 19.1. The van der Waals surface area contributed by atoms with Crippen LogP contribution in [-0.2, 0) is 0 Å². The molecule has 1 atom stereocenters. The van der Waals surface area contributed by atoms with Gasteiger partial charge in [0.25, 0.3) is 0 Å². The number of hydrogen-bond acceptors (Lipinski definition) is 2. The lowest BCUT2D eigenvalue weighted by Crippen LogP contribution is -2.34. The molecular weight excluding hydrogens is 241 g/mol. The van der Waals surface area contributed by atoms with Crippen molar-refractivity contribution in [1.82, 2.24) is 5.32 Å². The monoisotopic (exact) mass is 265 g/mol. The van der Waals surface area contributed by atoms with Crippen LogP contribution in [0, 0.1) is 17.2 Å². The third kappa shape index (κ3) is 4.29. The van der Waals surface area contributed by atoms with Gasteiger partial charge in [0, 0.05) is 19.2 Å². The van der Waals surface area contributed by atoms with Crippen LogP contribution in [0.3, 0.4) is 0 Å². The van der Waals surface area contributed by atoms with Gasteiger partial charge in [0.05, 0.1) is 0 Å². The molecule has 0 aromatic heterocycles. The largest absolute Gasteiger partial charge is 0.396 e. The molecule has 0 saturated heterocycles. The Balaban J connectivity index is 1.99. The Bertz CT molecular complexity index is 398. The molecule has 1 aromatic carbocycles. The van der Waals surface area contributed by atoms with Crippen molar-refractivity contribution >= 4 is 0 Å². The third-order valence-electron chi connectivity index (χ3n) is 3.91. The molecule has 1 saturated carbocycles. The van der Waals surface area contributed by atoms with Gasteiger partial charge >= 0.3 is 0 Å². The smallest absolute Gasteiger partial charge is 0.123 e. The Labute approximate surface area is 115 Å².